The van der Waals surface area contributed by atoms with E-state index in [-0.39, 0.29) is 18.0 Å². The molecule has 1 saturated heterocycles. The summed E-state index contributed by atoms with van der Waals surface area (Å²) in [5, 5.41) is 3.25. The standard InChI is InChI=1S/C12H17FN2O/c13-10-3-1-2-9(6-10)12(14)7-11-8-15-4-5-16-11/h1-3,6,11-12,15H,4-5,7-8,14H2. The first-order valence-electron chi connectivity index (χ1n) is 5.59. The van der Waals surface area contributed by atoms with E-state index in [9.17, 15) is 4.39 Å². The summed E-state index contributed by atoms with van der Waals surface area (Å²) in [4.78, 5) is 0. The molecule has 3 N–H and O–H groups in total. The molecule has 2 rings (SSSR count). The second kappa shape index (κ2) is 5.39. The topological polar surface area (TPSA) is 47.3 Å². The number of nitrogens with two attached hydrogens (primary N) is 1. The Balaban J connectivity index is 1.94. The van der Waals surface area contributed by atoms with Crippen LogP contribution in [0.1, 0.15) is 18.0 Å². The van der Waals surface area contributed by atoms with E-state index in [1.807, 2.05) is 6.07 Å². The molecule has 16 heavy (non-hydrogen) atoms. The van der Waals surface area contributed by atoms with Crippen LogP contribution in [0.25, 0.3) is 0 Å². The number of rotatable bonds is 3. The lowest BCUT2D eigenvalue weighted by molar-refractivity contribution is 0.0195. The maximum absolute atomic E-state index is 13.0. The van der Waals surface area contributed by atoms with Crippen molar-refractivity contribution in [1.82, 2.24) is 5.32 Å². The summed E-state index contributed by atoms with van der Waals surface area (Å²) in [6.45, 7) is 2.44. The molecule has 0 bridgehead atoms. The Bertz CT molecular complexity index is 340. The van der Waals surface area contributed by atoms with Crippen LogP contribution in [0.15, 0.2) is 24.3 Å². The van der Waals surface area contributed by atoms with Gasteiger partial charge < -0.3 is 15.8 Å². The quantitative estimate of drug-likeness (QED) is 0.811. The zero-order chi connectivity index (χ0) is 11.4. The number of nitrogens with one attached hydrogen (secondary N) is 1. The molecule has 4 heteroatoms. The van der Waals surface area contributed by atoms with E-state index in [4.69, 9.17) is 10.5 Å². The first-order valence-corrected chi connectivity index (χ1v) is 5.59. The first kappa shape index (κ1) is 11.5. The Morgan fingerprint density at radius 1 is 1.56 bits per heavy atom. The molecule has 0 aliphatic carbocycles. The highest BCUT2D eigenvalue weighted by Crippen LogP contribution is 2.18. The van der Waals surface area contributed by atoms with Gasteiger partial charge in [-0.15, -0.1) is 0 Å². The number of benzene rings is 1. The van der Waals surface area contributed by atoms with Crippen molar-refractivity contribution < 1.29 is 9.13 Å². The van der Waals surface area contributed by atoms with Gasteiger partial charge in [-0.05, 0) is 24.1 Å². The summed E-state index contributed by atoms with van der Waals surface area (Å²) in [6, 6.07) is 6.28. The van der Waals surface area contributed by atoms with Crippen LogP contribution in [0, 0.1) is 5.82 Å². The van der Waals surface area contributed by atoms with Crippen LogP contribution in [-0.2, 0) is 4.74 Å². The fraction of sp³-hybridized carbons (Fsp3) is 0.500. The minimum absolute atomic E-state index is 0.131. The fourth-order valence-corrected chi connectivity index (χ4v) is 1.93. The van der Waals surface area contributed by atoms with E-state index in [0.29, 0.717) is 0 Å². The van der Waals surface area contributed by atoms with Gasteiger partial charge in [-0.1, -0.05) is 12.1 Å². The second-order valence-electron chi connectivity index (χ2n) is 4.09. The highest BCUT2D eigenvalue weighted by Gasteiger charge is 2.18. The lowest BCUT2D eigenvalue weighted by atomic mass is 10.0. The van der Waals surface area contributed by atoms with Crippen molar-refractivity contribution in [1.29, 1.82) is 0 Å². The third kappa shape index (κ3) is 3.01. The van der Waals surface area contributed by atoms with E-state index in [0.717, 1.165) is 31.7 Å². The Morgan fingerprint density at radius 3 is 3.12 bits per heavy atom. The Kier molecular flexibility index (Phi) is 3.88. The number of ether oxygens (including phenoxy) is 1. The average molecular weight is 224 g/mol. The molecule has 0 aromatic heterocycles. The van der Waals surface area contributed by atoms with Gasteiger partial charge >= 0.3 is 0 Å². The van der Waals surface area contributed by atoms with Crippen LogP contribution in [0.4, 0.5) is 4.39 Å². The molecular weight excluding hydrogens is 207 g/mol. The van der Waals surface area contributed by atoms with Crippen LogP contribution >= 0.6 is 0 Å². The summed E-state index contributed by atoms with van der Waals surface area (Å²) in [6.07, 6.45) is 0.850. The third-order valence-corrected chi connectivity index (χ3v) is 2.80. The van der Waals surface area contributed by atoms with Crippen LogP contribution in [0.3, 0.4) is 0 Å². The molecule has 1 aliphatic rings. The zero-order valence-corrected chi connectivity index (χ0v) is 9.16. The summed E-state index contributed by atoms with van der Waals surface area (Å²) in [7, 11) is 0. The van der Waals surface area contributed by atoms with E-state index in [2.05, 4.69) is 5.32 Å². The number of hydrogen-bond donors (Lipinski definition) is 2. The van der Waals surface area contributed by atoms with Gasteiger partial charge in [0.05, 0.1) is 12.7 Å². The Hall–Kier alpha value is -0.970. The minimum atomic E-state index is -0.240. The number of halogens is 1. The molecule has 0 amide bonds. The van der Waals surface area contributed by atoms with Gasteiger partial charge in [0.1, 0.15) is 5.82 Å². The molecule has 1 aliphatic heterocycles. The molecule has 0 spiro atoms. The van der Waals surface area contributed by atoms with Crippen LogP contribution < -0.4 is 11.1 Å². The molecule has 0 radical (unpaired) electrons. The molecule has 1 aromatic rings. The summed E-state index contributed by atoms with van der Waals surface area (Å²) in [5.74, 6) is -0.240. The van der Waals surface area contributed by atoms with E-state index < -0.39 is 0 Å². The van der Waals surface area contributed by atoms with E-state index in [1.165, 1.54) is 12.1 Å². The Labute approximate surface area is 94.8 Å². The van der Waals surface area contributed by atoms with Crippen molar-refractivity contribution in [3.63, 3.8) is 0 Å². The SMILES string of the molecule is NC(CC1CNCCO1)c1cccc(F)c1. The number of morpholine rings is 1. The van der Waals surface area contributed by atoms with Crippen molar-refractivity contribution in [3.05, 3.63) is 35.6 Å². The van der Waals surface area contributed by atoms with Gasteiger partial charge in [0.2, 0.25) is 0 Å². The molecule has 1 heterocycles. The van der Waals surface area contributed by atoms with Crippen molar-refractivity contribution in [2.45, 2.75) is 18.6 Å². The maximum atomic E-state index is 13.0. The van der Waals surface area contributed by atoms with Crippen LogP contribution in [-0.4, -0.2) is 25.8 Å². The van der Waals surface area contributed by atoms with Crippen molar-refractivity contribution in [3.8, 4) is 0 Å². The molecular formula is C12H17FN2O. The third-order valence-electron chi connectivity index (χ3n) is 2.80. The largest absolute Gasteiger partial charge is 0.376 e. The zero-order valence-electron chi connectivity index (χ0n) is 9.16. The van der Waals surface area contributed by atoms with Crippen LogP contribution in [0.5, 0.6) is 0 Å². The van der Waals surface area contributed by atoms with E-state index in [1.54, 1.807) is 6.07 Å². The lowest BCUT2D eigenvalue weighted by Crippen LogP contribution is -2.40. The Morgan fingerprint density at radius 2 is 2.44 bits per heavy atom. The monoisotopic (exact) mass is 224 g/mol. The second-order valence-corrected chi connectivity index (χ2v) is 4.09. The molecule has 3 nitrogen and oxygen atoms in total. The lowest BCUT2D eigenvalue weighted by Gasteiger charge is -2.26. The molecule has 2 atom stereocenters. The summed E-state index contributed by atoms with van der Waals surface area (Å²) in [5.41, 5.74) is 6.85. The molecule has 88 valence electrons. The van der Waals surface area contributed by atoms with Gasteiger partial charge in [0, 0.05) is 19.1 Å². The van der Waals surface area contributed by atoms with Gasteiger partial charge in [-0.25, -0.2) is 4.39 Å². The summed E-state index contributed by atoms with van der Waals surface area (Å²) < 4.78 is 18.6. The van der Waals surface area contributed by atoms with Gasteiger partial charge in [-0.2, -0.15) is 0 Å². The van der Waals surface area contributed by atoms with Gasteiger partial charge in [0.25, 0.3) is 0 Å². The van der Waals surface area contributed by atoms with Gasteiger partial charge in [-0.3, -0.25) is 0 Å². The average Bonchev–Trinajstić information content (AvgIpc) is 2.30. The van der Waals surface area contributed by atoms with Gasteiger partial charge in [0.15, 0.2) is 0 Å². The molecule has 2 unspecified atom stereocenters. The first-order chi connectivity index (χ1) is 7.75. The predicted octanol–water partition coefficient (Wildman–Crippen LogP) is 1.20. The van der Waals surface area contributed by atoms with E-state index >= 15 is 0 Å². The van der Waals surface area contributed by atoms with Crippen molar-refractivity contribution in [2.75, 3.05) is 19.7 Å². The van der Waals surface area contributed by atoms with Crippen LogP contribution in [0.2, 0.25) is 0 Å². The fourth-order valence-electron chi connectivity index (χ4n) is 1.93. The smallest absolute Gasteiger partial charge is 0.123 e. The van der Waals surface area contributed by atoms with Crippen molar-refractivity contribution >= 4 is 0 Å². The highest BCUT2D eigenvalue weighted by molar-refractivity contribution is 5.19. The summed E-state index contributed by atoms with van der Waals surface area (Å²) >= 11 is 0. The molecule has 0 saturated carbocycles. The molecule has 1 aromatic carbocycles. The number of hydrogen-bond acceptors (Lipinski definition) is 3. The van der Waals surface area contributed by atoms with Crippen molar-refractivity contribution in [2.24, 2.45) is 5.73 Å². The normalized spacial score (nSPS) is 23.0. The highest BCUT2D eigenvalue weighted by atomic mass is 19.1. The predicted molar refractivity (Wildman–Crippen MR) is 60.6 cm³/mol. The molecule has 1 fully saturated rings. The minimum Gasteiger partial charge on any atom is -0.376 e. The maximum Gasteiger partial charge on any atom is 0.123 e.